The van der Waals surface area contributed by atoms with E-state index in [-0.39, 0.29) is 6.04 Å². The average Bonchev–Trinajstić information content (AvgIpc) is 2.30. The van der Waals surface area contributed by atoms with Gasteiger partial charge in [0, 0.05) is 12.1 Å². The van der Waals surface area contributed by atoms with Crippen molar-refractivity contribution in [2.24, 2.45) is 0 Å². The quantitative estimate of drug-likeness (QED) is 0.738. The Balaban J connectivity index is 2.00. The Morgan fingerprint density at radius 1 is 1.06 bits per heavy atom. The van der Waals surface area contributed by atoms with Crippen molar-refractivity contribution < 1.29 is 4.79 Å². The molecule has 0 bridgehead atoms. The van der Waals surface area contributed by atoms with E-state index < -0.39 is 0 Å². The lowest BCUT2D eigenvalue weighted by molar-refractivity contribution is -0.140. The number of nitrogens with one attached hydrogen (secondary N) is 1. The van der Waals surface area contributed by atoms with Crippen molar-refractivity contribution in [2.45, 2.75) is 70.5 Å². The molecule has 0 aromatic carbocycles. The summed E-state index contributed by atoms with van der Waals surface area (Å²) in [4.78, 5) is 14.6. The first kappa shape index (κ1) is 11.9. The Labute approximate surface area is 98.6 Å². The van der Waals surface area contributed by atoms with Crippen LogP contribution in [0.4, 0.5) is 0 Å². The predicted molar refractivity (Wildman–Crippen MR) is 65.3 cm³/mol. The van der Waals surface area contributed by atoms with Gasteiger partial charge in [-0.05, 0) is 52.5 Å². The van der Waals surface area contributed by atoms with Gasteiger partial charge in [0.25, 0.3) is 0 Å². The molecule has 3 nitrogen and oxygen atoms in total. The number of hydrogen-bond donors (Lipinski definition) is 1. The number of carbonyl (C=O) groups excluding carboxylic acids is 1. The third-order valence-electron chi connectivity index (χ3n) is 4.06. The molecule has 2 aliphatic rings. The third kappa shape index (κ3) is 2.40. The average molecular weight is 224 g/mol. The normalized spacial score (nSPS) is 36.1. The number of likely N-dealkylation sites (tertiary alicyclic amines) is 1. The maximum atomic E-state index is 12.4. The highest BCUT2D eigenvalue weighted by molar-refractivity contribution is 5.82. The summed E-state index contributed by atoms with van der Waals surface area (Å²) in [5.41, 5.74) is 0. The monoisotopic (exact) mass is 224 g/mol. The molecule has 0 spiro atoms. The summed E-state index contributed by atoms with van der Waals surface area (Å²) >= 11 is 0. The van der Waals surface area contributed by atoms with Crippen LogP contribution in [0.25, 0.3) is 0 Å². The molecule has 2 rings (SSSR count). The van der Waals surface area contributed by atoms with Crippen molar-refractivity contribution in [3.63, 3.8) is 0 Å². The largest absolute Gasteiger partial charge is 0.336 e. The first-order chi connectivity index (χ1) is 7.70. The van der Waals surface area contributed by atoms with Crippen molar-refractivity contribution in [3.05, 3.63) is 0 Å². The molecule has 1 N–H and O–H groups in total. The molecule has 0 unspecified atom stereocenters. The van der Waals surface area contributed by atoms with Gasteiger partial charge in [-0.25, -0.2) is 0 Å². The predicted octanol–water partition coefficient (Wildman–Crippen LogP) is 1.92. The molecule has 3 heteroatoms. The van der Waals surface area contributed by atoms with Gasteiger partial charge in [-0.2, -0.15) is 0 Å². The van der Waals surface area contributed by atoms with E-state index in [1.165, 1.54) is 32.1 Å². The minimum Gasteiger partial charge on any atom is -0.336 e. The third-order valence-corrected chi connectivity index (χ3v) is 4.06. The molecule has 2 heterocycles. The molecule has 2 fully saturated rings. The van der Waals surface area contributed by atoms with Gasteiger partial charge in [-0.15, -0.1) is 0 Å². The van der Waals surface area contributed by atoms with Crippen molar-refractivity contribution in [1.82, 2.24) is 10.2 Å². The van der Waals surface area contributed by atoms with Crippen molar-refractivity contribution in [1.29, 1.82) is 0 Å². The van der Waals surface area contributed by atoms with Crippen LogP contribution in [-0.2, 0) is 4.79 Å². The van der Waals surface area contributed by atoms with E-state index in [4.69, 9.17) is 0 Å². The Kier molecular flexibility index (Phi) is 3.85. The second-order valence-electron chi connectivity index (χ2n) is 5.38. The van der Waals surface area contributed by atoms with E-state index in [0.717, 1.165) is 13.0 Å². The summed E-state index contributed by atoms with van der Waals surface area (Å²) in [6.07, 6.45) is 7.04. The van der Waals surface area contributed by atoms with Crippen LogP contribution in [0.5, 0.6) is 0 Å². The van der Waals surface area contributed by atoms with Gasteiger partial charge in [0.05, 0.1) is 6.04 Å². The van der Waals surface area contributed by atoms with Crippen LogP contribution in [0, 0.1) is 0 Å². The summed E-state index contributed by atoms with van der Waals surface area (Å²) in [6, 6.07) is 0.955. The van der Waals surface area contributed by atoms with Crippen LogP contribution in [0.2, 0.25) is 0 Å². The lowest BCUT2D eigenvalue weighted by Gasteiger charge is -2.41. The summed E-state index contributed by atoms with van der Waals surface area (Å²) in [5.74, 6) is 0.347. The van der Waals surface area contributed by atoms with Crippen LogP contribution < -0.4 is 5.32 Å². The summed E-state index contributed by atoms with van der Waals surface area (Å²) in [6.45, 7) is 5.39. The zero-order chi connectivity index (χ0) is 11.5. The van der Waals surface area contributed by atoms with Crippen molar-refractivity contribution in [2.75, 3.05) is 6.54 Å². The molecule has 1 amide bonds. The molecule has 0 radical (unpaired) electrons. The Morgan fingerprint density at radius 3 is 2.31 bits per heavy atom. The number of nitrogens with zero attached hydrogens (tertiary/aromatic N) is 1. The highest BCUT2D eigenvalue weighted by Gasteiger charge is 2.33. The molecule has 0 aromatic heterocycles. The zero-order valence-electron chi connectivity index (χ0n) is 10.5. The Morgan fingerprint density at radius 2 is 1.75 bits per heavy atom. The molecule has 92 valence electrons. The van der Waals surface area contributed by atoms with Crippen molar-refractivity contribution >= 4 is 5.91 Å². The standard InChI is InChI=1S/C13H24N2O/c1-10-6-5-7-11(2)15(10)13(16)12-8-3-4-9-14-12/h10-12,14H,3-9H2,1-2H3/t10-,11+,12-/m0/s1. The number of rotatable bonds is 1. The maximum Gasteiger partial charge on any atom is 0.240 e. The molecular weight excluding hydrogens is 200 g/mol. The van der Waals surface area contributed by atoms with E-state index in [2.05, 4.69) is 24.1 Å². The molecule has 0 aromatic rings. The van der Waals surface area contributed by atoms with Gasteiger partial charge in [0.1, 0.15) is 0 Å². The van der Waals surface area contributed by atoms with Gasteiger partial charge in [0.2, 0.25) is 5.91 Å². The van der Waals surface area contributed by atoms with E-state index in [0.29, 0.717) is 18.0 Å². The van der Waals surface area contributed by atoms with Gasteiger partial charge in [0.15, 0.2) is 0 Å². The molecular formula is C13H24N2O. The van der Waals surface area contributed by atoms with Gasteiger partial charge in [-0.3, -0.25) is 4.79 Å². The topological polar surface area (TPSA) is 32.3 Å². The highest BCUT2D eigenvalue weighted by Crippen LogP contribution is 2.24. The van der Waals surface area contributed by atoms with Gasteiger partial charge < -0.3 is 10.2 Å². The fourth-order valence-corrected chi connectivity index (χ4v) is 3.10. The molecule has 0 aliphatic carbocycles. The van der Waals surface area contributed by atoms with E-state index in [9.17, 15) is 4.79 Å². The van der Waals surface area contributed by atoms with Crippen LogP contribution in [0.15, 0.2) is 0 Å². The lowest BCUT2D eigenvalue weighted by atomic mass is 9.95. The van der Waals surface area contributed by atoms with E-state index in [1.807, 2.05) is 0 Å². The molecule has 2 aliphatic heterocycles. The molecule has 16 heavy (non-hydrogen) atoms. The van der Waals surface area contributed by atoms with E-state index in [1.54, 1.807) is 0 Å². The van der Waals surface area contributed by atoms with Gasteiger partial charge >= 0.3 is 0 Å². The molecule has 3 atom stereocenters. The Bertz CT molecular complexity index is 238. The van der Waals surface area contributed by atoms with Crippen LogP contribution >= 0.6 is 0 Å². The first-order valence-electron chi connectivity index (χ1n) is 6.75. The zero-order valence-corrected chi connectivity index (χ0v) is 10.5. The van der Waals surface area contributed by atoms with Crippen LogP contribution in [0.1, 0.15) is 52.4 Å². The van der Waals surface area contributed by atoms with Crippen LogP contribution in [-0.4, -0.2) is 35.5 Å². The highest BCUT2D eigenvalue weighted by atomic mass is 16.2. The number of carbonyl (C=O) groups is 1. The molecule has 0 saturated carbocycles. The maximum absolute atomic E-state index is 12.4. The van der Waals surface area contributed by atoms with Crippen LogP contribution in [0.3, 0.4) is 0 Å². The lowest BCUT2D eigenvalue weighted by Crippen LogP contribution is -2.55. The van der Waals surface area contributed by atoms with Gasteiger partial charge in [-0.1, -0.05) is 6.42 Å². The number of piperidine rings is 2. The van der Waals surface area contributed by atoms with E-state index >= 15 is 0 Å². The summed E-state index contributed by atoms with van der Waals surface area (Å²) in [5, 5.41) is 3.37. The Hall–Kier alpha value is -0.570. The minimum absolute atomic E-state index is 0.0942. The fourth-order valence-electron chi connectivity index (χ4n) is 3.10. The number of amides is 1. The first-order valence-corrected chi connectivity index (χ1v) is 6.75. The summed E-state index contributed by atoms with van der Waals surface area (Å²) in [7, 11) is 0. The number of hydrogen-bond acceptors (Lipinski definition) is 2. The second kappa shape index (κ2) is 5.17. The van der Waals surface area contributed by atoms with Crippen molar-refractivity contribution in [3.8, 4) is 0 Å². The summed E-state index contributed by atoms with van der Waals surface area (Å²) < 4.78 is 0. The SMILES string of the molecule is C[C@@H]1CCC[C@H](C)N1C(=O)[C@@H]1CCCCN1. The fraction of sp³-hybridized carbons (Fsp3) is 0.923. The minimum atomic E-state index is 0.0942. The molecule has 2 saturated heterocycles. The second-order valence-corrected chi connectivity index (χ2v) is 5.38. The smallest absolute Gasteiger partial charge is 0.240 e.